The number of rotatable bonds is 6. The molecule has 0 fully saturated rings. The van der Waals surface area contributed by atoms with Crippen LogP contribution in [0.1, 0.15) is 6.42 Å². The fourth-order valence-corrected chi connectivity index (χ4v) is 2.92. The Morgan fingerprint density at radius 2 is 2.57 bits per heavy atom. The number of hydrogen-bond donors (Lipinski definition) is 2. The number of carbonyl (C=O) groups is 1. The molecular weight excluding hydrogens is 216 g/mol. The highest BCUT2D eigenvalue weighted by atomic mass is 32.2. The molecule has 1 heterocycles. The quantitative estimate of drug-likeness (QED) is 0.724. The molecule has 0 radical (unpaired) electrons. The first kappa shape index (κ1) is 11.6. The number of primary amides is 1. The van der Waals surface area contributed by atoms with Crippen LogP contribution in [0.3, 0.4) is 0 Å². The lowest BCUT2D eigenvalue weighted by molar-refractivity contribution is -0.119. The summed E-state index contributed by atoms with van der Waals surface area (Å²) in [5.74, 6) is 0.633. The van der Waals surface area contributed by atoms with Crippen molar-refractivity contribution < 1.29 is 4.79 Å². The van der Waals surface area contributed by atoms with E-state index in [1.165, 1.54) is 4.21 Å². The predicted octanol–water partition coefficient (Wildman–Crippen LogP) is 1.30. The van der Waals surface area contributed by atoms with Gasteiger partial charge < -0.3 is 11.1 Å². The van der Waals surface area contributed by atoms with Crippen molar-refractivity contribution in [2.45, 2.75) is 16.7 Å². The van der Waals surface area contributed by atoms with Crippen molar-refractivity contribution in [3.63, 3.8) is 0 Å². The number of likely N-dealkylation sites (N-methyl/N-ethyl adjacent to an activating group) is 1. The molecule has 5 heteroatoms. The fourth-order valence-electron chi connectivity index (χ4n) is 1.05. The Labute approximate surface area is 92.1 Å². The number of nitrogens with one attached hydrogen (secondary N) is 1. The van der Waals surface area contributed by atoms with Crippen molar-refractivity contribution in [1.82, 2.24) is 5.32 Å². The molecule has 1 atom stereocenters. The number of thioether (sulfide) groups is 1. The molecule has 0 aliphatic carbocycles. The second kappa shape index (κ2) is 6.06. The maximum absolute atomic E-state index is 10.9. The normalized spacial score (nSPS) is 12.6. The maximum Gasteiger partial charge on any atom is 0.234 e. The van der Waals surface area contributed by atoms with Gasteiger partial charge in [-0.1, -0.05) is 6.07 Å². The molecule has 3 nitrogen and oxygen atoms in total. The second-order valence-electron chi connectivity index (χ2n) is 2.81. The van der Waals surface area contributed by atoms with Crippen molar-refractivity contribution in [3.05, 3.63) is 17.5 Å². The topological polar surface area (TPSA) is 55.1 Å². The molecule has 1 rings (SSSR count). The number of amides is 1. The van der Waals surface area contributed by atoms with Crippen LogP contribution in [0.5, 0.6) is 0 Å². The van der Waals surface area contributed by atoms with E-state index in [4.69, 9.17) is 5.73 Å². The van der Waals surface area contributed by atoms with E-state index in [0.29, 0.717) is 0 Å². The molecule has 1 amide bonds. The van der Waals surface area contributed by atoms with Crippen LogP contribution in [0.25, 0.3) is 0 Å². The highest BCUT2D eigenvalue weighted by molar-refractivity contribution is 8.01. The van der Waals surface area contributed by atoms with Crippen LogP contribution in [-0.4, -0.2) is 24.7 Å². The first-order chi connectivity index (χ1) is 6.74. The number of thiophene rings is 1. The van der Waals surface area contributed by atoms with Gasteiger partial charge >= 0.3 is 0 Å². The van der Waals surface area contributed by atoms with E-state index in [-0.39, 0.29) is 11.9 Å². The second-order valence-corrected chi connectivity index (χ2v) is 5.16. The van der Waals surface area contributed by atoms with Gasteiger partial charge in [0.2, 0.25) is 5.91 Å². The van der Waals surface area contributed by atoms with Crippen molar-refractivity contribution in [3.8, 4) is 0 Å². The zero-order valence-electron chi connectivity index (χ0n) is 8.03. The Morgan fingerprint density at radius 1 is 1.79 bits per heavy atom. The van der Waals surface area contributed by atoms with E-state index < -0.39 is 0 Å². The minimum absolute atomic E-state index is 0.206. The number of hydrogen-bond acceptors (Lipinski definition) is 4. The molecule has 0 aromatic carbocycles. The molecule has 1 unspecified atom stereocenters. The summed E-state index contributed by atoms with van der Waals surface area (Å²) in [6.07, 6.45) is 0.772. The third-order valence-corrected chi connectivity index (χ3v) is 4.00. The van der Waals surface area contributed by atoms with E-state index in [1.54, 1.807) is 30.1 Å². The van der Waals surface area contributed by atoms with Crippen LogP contribution in [0.4, 0.5) is 0 Å². The zero-order valence-corrected chi connectivity index (χ0v) is 9.66. The lowest BCUT2D eigenvalue weighted by Crippen LogP contribution is -2.39. The highest BCUT2D eigenvalue weighted by Gasteiger charge is 2.11. The average Bonchev–Trinajstić information content (AvgIpc) is 2.64. The van der Waals surface area contributed by atoms with Gasteiger partial charge in [-0.25, -0.2) is 0 Å². The van der Waals surface area contributed by atoms with Crippen LogP contribution >= 0.6 is 23.1 Å². The Hall–Kier alpha value is -0.520. The Bertz CT molecular complexity index is 274. The molecule has 14 heavy (non-hydrogen) atoms. The Morgan fingerprint density at radius 3 is 3.07 bits per heavy atom. The highest BCUT2D eigenvalue weighted by Crippen LogP contribution is 2.24. The molecule has 0 spiro atoms. The van der Waals surface area contributed by atoms with E-state index in [1.807, 2.05) is 11.4 Å². The summed E-state index contributed by atoms with van der Waals surface area (Å²) in [5, 5.41) is 4.94. The van der Waals surface area contributed by atoms with Gasteiger partial charge in [-0.2, -0.15) is 0 Å². The van der Waals surface area contributed by atoms with E-state index in [0.717, 1.165) is 12.2 Å². The third-order valence-electron chi connectivity index (χ3n) is 1.84. The summed E-state index contributed by atoms with van der Waals surface area (Å²) in [6, 6.07) is 3.90. The van der Waals surface area contributed by atoms with Crippen molar-refractivity contribution in [2.24, 2.45) is 5.73 Å². The molecule has 0 saturated heterocycles. The number of carbonyl (C=O) groups excluding carboxylic acids is 1. The lowest BCUT2D eigenvalue weighted by Gasteiger charge is -2.10. The van der Waals surface area contributed by atoms with Gasteiger partial charge in [0.15, 0.2) is 0 Å². The van der Waals surface area contributed by atoms with Crippen molar-refractivity contribution in [1.29, 1.82) is 0 Å². The average molecular weight is 230 g/mol. The summed E-state index contributed by atoms with van der Waals surface area (Å²) in [5.41, 5.74) is 5.20. The van der Waals surface area contributed by atoms with E-state index in [9.17, 15) is 4.79 Å². The van der Waals surface area contributed by atoms with Crippen molar-refractivity contribution >= 4 is 29.0 Å². The van der Waals surface area contributed by atoms with Gasteiger partial charge in [0, 0.05) is 5.75 Å². The largest absolute Gasteiger partial charge is 0.368 e. The molecule has 1 aromatic rings. The minimum atomic E-state index is -0.278. The lowest BCUT2D eigenvalue weighted by atomic mass is 10.2. The Balaban J connectivity index is 2.23. The summed E-state index contributed by atoms with van der Waals surface area (Å²) in [6.45, 7) is 0. The molecular formula is C9H14N2OS2. The molecule has 3 N–H and O–H groups in total. The van der Waals surface area contributed by atoms with Crippen LogP contribution < -0.4 is 11.1 Å². The number of nitrogens with two attached hydrogens (primary N) is 1. The van der Waals surface area contributed by atoms with E-state index in [2.05, 4.69) is 11.4 Å². The maximum atomic E-state index is 10.9. The molecule has 78 valence electrons. The van der Waals surface area contributed by atoms with Gasteiger partial charge in [0.25, 0.3) is 0 Å². The van der Waals surface area contributed by atoms with Gasteiger partial charge in [-0.3, -0.25) is 4.79 Å². The smallest absolute Gasteiger partial charge is 0.234 e. The molecule has 0 aliphatic rings. The molecule has 1 aromatic heterocycles. The van der Waals surface area contributed by atoms with Crippen LogP contribution in [0.15, 0.2) is 21.7 Å². The third kappa shape index (κ3) is 3.69. The van der Waals surface area contributed by atoms with Crippen LogP contribution in [0, 0.1) is 0 Å². The van der Waals surface area contributed by atoms with Gasteiger partial charge in [0.1, 0.15) is 0 Å². The van der Waals surface area contributed by atoms with Gasteiger partial charge in [-0.15, -0.1) is 23.1 Å². The molecule has 0 saturated carbocycles. The monoisotopic (exact) mass is 230 g/mol. The standard InChI is InChI=1S/C9H14N2OS2/c1-11-7(9(10)12)4-6-14-8-3-2-5-13-8/h2-3,5,7,11H,4,6H2,1H3,(H2,10,12). The van der Waals surface area contributed by atoms with E-state index >= 15 is 0 Å². The van der Waals surface area contributed by atoms with Crippen molar-refractivity contribution in [2.75, 3.05) is 12.8 Å². The molecule has 0 bridgehead atoms. The SMILES string of the molecule is CNC(CCSc1cccs1)C(N)=O. The summed E-state index contributed by atoms with van der Waals surface area (Å²) in [4.78, 5) is 10.9. The molecule has 0 aliphatic heterocycles. The predicted molar refractivity (Wildman–Crippen MR) is 61.7 cm³/mol. The minimum Gasteiger partial charge on any atom is -0.368 e. The fraction of sp³-hybridized carbons (Fsp3) is 0.444. The van der Waals surface area contributed by atoms with Gasteiger partial charge in [-0.05, 0) is 24.9 Å². The Kier molecular flexibility index (Phi) is 5.00. The van der Waals surface area contributed by atoms with Crippen LogP contribution in [-0.2, 0) is 4.79 Å². The first-order valence-corrected chi connectivity index (χ1v) is 6.23. The van der Waals surface area contributed by atoms with Gasteiger partial charge in [0.05, 0.1) is 10.3 Å². The summed E-state index contributed by atoms with van der Waals surface area (Å²) < 4.78 is 1.28. The zero-order chi connectivity index (χ0) is 10.4. The summed E-state index contributed by atoms with van der Waals surface area (Å²) >= 11 is 3.48. The first-order valence-electron chi connectivity index (χ1n) is 4.37. The summed E-state index contributed by atoms with van der Waals surface area (Å²) in [7, 11) is 1.76. The van der Waals surface area contributed by atoms with Crippen LogP contribution in [0.2, 0.25) is 0 Å².